The zero-order chi connectivity index (χ0) is 9.59. The second-order valence-corrected chi connectivity index (χ2v) is 4.12. The van der Waals surface area contributed by atoms with Crippen LogP contribution in [0, 0.1) is 0 Å². The Morgan fingerprint density at radius 2 is 2.08 bits per heavy atom. The van der Waals surface area contributed by atoms with Gasteiger partial charge in [-0.1, -0.05) is 23.2 Å². The van der Waals surface area contributed by atoms with Gasteiger partial charge < -0.3 is 10.8 Å². The van der Waals surface area contributed by atoms with Crippen LogP contribution in [-0.2, 0) is 6.42 Å². The van der Waals surface area contributed by atoms with Crippen LogP contribution in [-0.4, -0.2) is 11.1 Å². The third-order valence-electron chi connectivity index (χ3n) is 2.34. The maximum atomic E-state index is 9.67. The fourth-order valence-corrected chi connectivity index (χ4v) is 2.37. The predicted molar refractivity (Wildman–Crippen MR) is 53.1 cm³/mol. The molecule has 2 rings (SSSR count). The van der Waals surface area contributed by atoms with Crippen molar-refractivity contribution in [2.24, 2.45) is 5.73 Å². The SMILES string of the molecule is N[C@H]1Cc2cc(Cl)cc(Cl)c2[C@@H]1O. The number of nitrogens with two attached hydrogens (primary N) is 1. The lowest BCUT2D eigenvalue weighted by Crippen LogP contribution is -2.24. The standard InChI is InChI=1S/C9H9Cl2NO/c10-5-1-4-2-7(12)9(13)8(4)6(11)3-5/h1,3,7,9,13H,2,12H2/t7-,9+/m0/s1. The minimum atomic E-state index is -0.653. The van der Waals surface area contributed by atoms with E-state index in [-0.39, 0.29) is 6.04 Å². The van der Waals surface area contributed by atoms with Crippen LogP contribution in [0.5, 0.6) is 0 Å². The number of benzene rings is 1. The molecular formula is C9H9Cl2NO. The van der Waals surface area contributed by atoms with Gasteiger partial charge in [-0.05, 0) is 24.1 Å². The molecule has 1 aliphatic carbocycles. The first kappa shape index (κ1) is 9.28. The number of halogens is 2. The van der Waals surface area contributed by atoms with Crippen molar-refractivity contribution in [3.63, 3.8) is 0 Å². The van der Waals surface area contributed by atoms with Crippen molar-refractivity contribution in [3.05, 3.63) is 33.3 Å². The molecule has 0 bridgehead atoms. The number of fused-ring (bicyclic) bond motifs is 1. The maximum Gasteiger partial charge on any atom is 0.0961 e. The van der Waals surface area contributed by atoms with Crippen molar-refractivity contribution < 1.29 is 5.11 Å². The summed E-state index contributed by atoms with van der Waals surface area (Å²) in [5, 5.41) is 10.8. The van der Waals surface area contributed by atoms with Crippen LogP contribution in [0.4, 0.5) is 0 Å². The summed E-state index contributed by atoms with van der Waals surface area (Å²) in [5.74, 6) is 0. The normalized spacial score (nSPS) is 26.2. The van der Waals surface area contributed by atoms with Gasteiger partial charge in [-0.3, -0.25) is 0 Å². The van der Waals surface area contributed by atoms with E-state index in [1.54, 1.807) is 12.1 Å². The van der Waals surface area contributed by atoms with Crippen molar-refractivity contribution in [1.82, 2.24) is 0 Å². The van der Waals surface area contributed by atoms with E-state index in [1.807, 2.05) is 0 Å². The second kappa shape index (κ2) is 3.14. The molecule has 0 heterocycles. The highest BCUT2D eigenvalue weighted by molar-refractivity contribution is 6.35. The van der Waals surface area contributed by atoms with Gasteiger partial charge in [0.25, 0.3) is 0 Å². The van der Waals surface area contributed by atoms with Gasteiger partial charge in [0.15, 0.2) is 0 Å². The monoisotopic (exact) mass is 217 g/mol. The highest BCUT2D eigenvalue weighted by atomic mass is 35.5. The number of rotatable bonds is 0. The highest BCUT2D eigenvalue weighted by Gasteiger charge is 2.30. The zero-order valence-electron chi connectivity index (χ0n) is 6.80. The lowest BCUT2D eigenvalue weighted by molar-refractivity contribution is 0.159. The fourth-order valence-electron chi connectivity index (χ4n) is 1.72. The summed E-state index contributed by atoms with van der Waals surface area (Å²) in [4.78, 5) is 0. The number of aliphatic hydroxyl groups is 1. The Hall–Kier alpha value is -0.280. The summed E-state index contributed by atoms with van der Waals surface area (Å²) in [6, 6.07) is 3.17. The van der Waals surface area contributed by atoms with Gasteiger partial charge in [0, 0.05) is 21.7 Å². The van der Waals surface area contributed by atoms with E-state index >= 15 is 0 Å². The summed E-state index contributed by atoms with van der Waals surface area (Å²) in [6.45, 7) is 0. The van der Waals surface area contributed by atoms with Gasteiger partial charge in [0.05, 0.1) is 6.10 Å². The van der Waals surface area contributed by atoms with Gasteiger partial charge in [0.2, 0.25) is 0 Å². The molecule has 0 spiro atoms. The van der Waals surface area contributed by atoms with Crippen molar-refractivity contribution >= 4 is 23.2 Å². The van der Waals surface area contributed by atoms with Crippen LogP contribution in [0.15, 0.2) is 12.1 Å². The molecule has 0 unspecified atom stereocenters. The first-order valence-electron chi connectivity index (χ1n) is 4.01. The number of aliphatic hydroxyl groups excluding tert-OH is 1. The molecule has 1 aromatic carbocycles. The maximum absolute atomic E-state index is 9.67. The minimum Gasteiger partial charge on any atom is -0.387 e. The first-order valence-corrected chi connectivity index (χ1v) is 4.76. The Bertz CT molecular complexity index is 354. The van der Waals surface area contributed by atoms with E-state index in [4.69, 9.17) is 28.9 Å². The van der Waals surface area contributed by atoms with Crippen LogP contribution >= 0.6 is 23.2 Å². The van der Waals surface area contributed by atoms with Crippen molar-refractivity contribution in [3.8, 4) is 0 Å². The number of hydrogen-bond acceptors (Lipinski definition) is 2. The summed E-state index contributed by atoms with van der Waals surface area (Å²) in [7, 11) is 0. The van der Waals surface area contributed by atoms with Gasteiger partial charge in [-0.25, -0.2) is 0 Å². The Labute approximate surface area is 86.3 Å². The lowest BCUT2D eigenvalue weighted by atomic mass is 10.1. The van der Waals surface area contributed by atoms with Crippen LogP contribution in [0.25, 0.3) is 0 Å². The molecule has 0 saturated carbocycles. The molecule has 13 heavy (non-hydrogen) atoms. The van der Waals surface area contributed by atoms with E-state index in [9.17, 15) is 5.11 Å². The van der Waals surface area contributed by atoms with Crippen LogP contribution < -0.4 is 5.73 Å². The average Bonchev–Trinajstić information content (AvgIpc) is 2.27. The molecule has 0 aromatic heterocycles. The van der Waals surface area contributed by atoms with E-state index in [0.717, 1.165) is 11.1 Å². The van der Waals surface area contributed by atoms with Crippen molar-refractivity contribution in [1.29, 1.82) is 0 Å². The van der Waals surface area contributed by atoms with Crippen LogP contribution in [0.2, 0.25) is 10.0 Å². The summed E-state index contributed by atoms with van der Waals surface area (Å²) in [6.07, 6.45) is -0.0173. The van der Waals surface area contributed by atoms with Gasteiger partial charge in [-0.15, -0.1) is 0 Å². The Balaban J connectivity index is 2.57. The van der Waals surface area contributed by atoms with Crippen molar-refractivity contribution in [2.75, 3.05) is 0 Å². The third kappa shape index (κ3) is 1.44. The van der Waals surface area contributed by atoms with Gasteiger partial charge in [-0.2, -0.15) is 0 Å². The molecule has 1 aromatic rings. The summed E-state index contributed by atoms with van der Waals surface area (Å²) >= 11 is 11.8. The molecule has 0 saturated heterocycles. The molecule has 0 radical (unpaired) electrons. The van der Waals surface area contributed by atoms with Crippen molar-refractivity contribution in [2.45, 2.75) is 18.6 Å². The first-order chi connectivity index (χ1) is 6.09. The Morgan fingerprint density at radius 3 is 2.77 bits per heavy atom. The highest BCUT2D eigenvalue weighted by Crippen LogP contribution is 2.37. The van der Waals surface area contributed by atoms with Gasteiger partial charge in [0.1, 0.15) is 0 Å². The summed E-state index contributed by atoms with van der Waals surface area (Å²) < 4.78 is 0. The fraction of sp³-hybridized carbons (Fsp3) is 0.333. The molecule has 2 nitrogen and oxygen atoms in total. The molecule has 3 N–H and O–H groups in total. The van der Waals surface area contributed by atoms with E-state index < -0.39 is 6.10 Å². The molecule has 70 valence electrons. The Morgan fingerprint density at radius 1 is 1.38 bits per heavy atom. The average molecular weight is 218 g/mol. The van der Waals surface area contributed by atoms with E-state index in [1.165, 1.54) is 0 Å². The lowest BCUT2D eigenvalue weighted by Gasteiger charge is -2.09. The minimum absolute atomic E-state index is 0.258. The van der Waals surface area contributed by atoms with Crippen LogP contribution in [0.1, 0.15) is 17.2 Å². The summed E-state index contributed by atoms with van der Waals surface area (Å²) in [5.41, 5.74) is 7.39. The molecule has 0 amide bonds. The smallest absolute Gasteiger partial charge is 0.0961 e. The largest absolute Gasteiger partial charge is 0.387 e. The zero-order valence-corrected chi connectivity index (χ0v) is 8.31. The number of hydrogen-bond donors (Lipinski definition) is 2. The third-order valence-corrected chi connectivity index (χ3v) is 2.87. The quantitative estimate of drug-likeness (QED) is 0.698. The topological polar surface area (TPSA) is 46.2 Å². The molecule has 0 aliphatic heterocycles. The molecular weight excluding hydrogens is 209 g/mol. The molecule has 4 heteroatoms. The van der Waals surface area contributed by atoms with E-state index in [0.29, 0.717) is 16.5 Å². The second-order valence-electron chi connectivity index (χ2n) is 3.27. The molecule has 2 atom stereocenters. The molecule has 0 fully saturated rings. The van der Waals surface area contributed by atoms with Gasteiger partial charge >= 0.3 is 0 Å². The molecule has 1 aliphatic rings. The van der Waals surface area contributed by atoms with E-state index in [2.05, 4.69) is 0 Å². The van der Waals surface area contributed by atoms with Crippen LogP contribution in [0.3, 0.4) is 0 Å². The Kier molecular flexibility index (Phi) is 2.24. The predicted octanol–water partition coefficient (Wildman–Crippen LogP) is 1.91.